The van der Waals surface area contributed by atoms with Gasteiger partial charge in [0.05, 0.1) is 17.7 Å². The molecule has 0 N–H and O–H groups in total. The highest BCUT2D eigenvalue weighted by Crippen LogP contribution is 2.49. The number of carbonyl (C=O) groups excluding carboxylic acids is 1. The number of hydrogen-bond donors (Lipinski definition) is 0. The summed E-state index contributed by atoms with van der Waals surface area (Å²) in [5.74, 6) is 2.09. The maximum absolute atomic E-state index is 12.6. The summed E-state index contributed by atoms with van der Waals surface area (Å²) < 4.78 is 8.96. The standard InChI is InChI=1S/C23H31N3O2/c1-16(2)13-20(27)25-11-9-23(10-12-25)22-21(24-15-26(22)14-17(3)4)18-7-5-6-8-19(18)28-23/h5-8,15-17H,9-14H2,1-4H3. The summed E-state index contributed by atoms with van der Waals surface area (Å²) in [6.45, 7) is 11.0. The van der Waals surface area contributed by atoms with Gasteiger partial charge in [-0.25, -0.2) is 4.98 Å². The van der Waals surface area contributed by atoms with Crippen LogP contribution in [0.25, 0.3) is 11.3 Å². The van der Waals surface area contributed by atoms with Crippen LogP contribution in [0.1, 0.15) is 52.7 Å². The molecule has 1 amide bonds. The Morgan fingerprint density at radius 1 is 1.14 bits per heavy atom. The Morgan fingerprint density at radius 3 is 2.54 bits per heavy atom. The Bertz CT molecular complexity index is 860. The molecule has 1 aromatic heterocycles. The molecule has 1 saturated heterocycles. The number of carbonyl (C=O) groups is 1. The monoisotopic (exact) mass is 381 g/mol. The van der Waals surface area contributed by atoms with Crippen LogP contribution in [-0.4, -0.2) is 33.4 Å². The third-order valence-corrected chi connectivity index (χ3v) is 5.79. The Labute approximate surface area is 167 Å². The number of imidazole rings is 1. The maximum Gasteiger partial charge on any atom is 0.222 e. The topological polar surface area (TPSA) is 47.4 Å². The van der Waals surface area contributed by atoms with Gasteiger partial charge in [0, 0.05) is 44.5 Å². The molecular formula is C23H31N3O2. The molecule has 2 aliphatic heterocycles. The number of piperidine rings is 1. The Balaban J connectivity index is 1.68. The highest BCUT2D eigenvalue weighted by molar-refractivity contribution is 5.77. The van der Waals surface area contributed by atoms with E-state index in [1.54, 1.807) is 0 Å². The van der Waals surface area contributed by atoms with Gasteiger partial charge in [0.15, 0.2) is 5.60 Å². The van der Waals surface area contributed by atoms with E-state index in [1.807, 2.05) is 29.4 Å². The number of benzene rings is 1. The first kappa shape index (κ1) is 19.0. The number of para-hydroxylation sites is 1. The van der Waals surface area contributed by atoms with Crippen LogP contribution in [-0.2, 0) is 16.9 Å². The number of ether oxygens (including phenoxy) is 1. The van der Waals surface area contributed by atoms with Crippen molar-refractivity contribution in [2.24, 2.45) is 11.8 Å². The first-order valence-electron chi connectivity index (χ1n) is 10.5. The molecule has 2 aromatic rings. The van der Waals surface area contributed by atoms with Crippen LogP contribution < -0.4 is 4.74 Å². The quantitative estimate of drug-likeness (QED) is 0.785. The minimum atomic E-state index is -0.399. The van der Waals surface area contributed by atoms with E-state index in [2.05, 4.69) is 38.3 Å². The number of rotatable bonds is 4. The molecule has 0 unspecified atom stereocenters. The van der Waals surface area contributed by atoms with Crippen molar-refractivity contribution in [1.82, 2.24) is 14.5 Å². The summed E-state index contributed by atoms with van der Waals surface area (Å²) in [4.78, 5) is 19.4. The largest absolute Gasteiger partial charge is 0.480 e. The highest BCUT2D eigenvalue weighted by atomic mass is 16.5. The molecule has 4 rings (SSSR count). The second-order valence-electron chi connectivity index (χ2n) is 9.06. The predicted molar refractivity (Wildman–Crippen MR) is 110 cm³/mol. The molecule has 150 valence electrons. The van der Waals surface area contributed by atoms with Crippen molar-refractivity contribution >= 4 is 5.91 Å². The smallest absolute Gasteiger partial charge is 0.222 e. The molecule has 0 aliphatic carbocycles. The zero-order chi connectivity index (χ0) is 19.9. The summed E-state index contributed by atoms with van der Waals surface area (Å²) in [6, 6.07) is 8.19. The second-order valence-corrected chi connectivity index (χ2v) is 9.06. The van der Waals surface area contributed by atoms with E-state index >= 15 is 0 Å². The van der Waals surface area contributed by atoms with Gasteiger partial charge >= 0.3 is 0 Å². The molecular weight excluding hydrogens is 350 g/mol. The van der Waals surface area contributed by atoms with Crippen molar-refractivity contribution < 1.29 is 9.53 Å². The van der Waals surface area contributed by atoms with E-state index in [0.29, 0.717) is 18.3 Å². The minimum absolute atomic E-state index is 0.261. The summed E-state index contributed by atoms with van der Waals surface area (Å²) in [5.41, 5.74) is 2.91. The van der Waals surface area contributed by atoms with E-state index in [1.165, 1.54) is 5.69 Å². The number of hydrogen-bond acceptors (Lipinski definition) is 3. The molecule has 0 radical (unpaired) electrons. The minimum Gasteiger partial charge on any atom is -0.480 e. The first-order chi connectivity index (χ1) is 13.4. The van der Waals surface area contributed by atoms with Crippen molar-refractivity contribution in [2.75, 3.05) is 13.1 Å². The van der Waals surface area contributed by atoms with Crippen LogP contribution in [0.4, 0.5) is 0 Å². The second kappa shape index (κ2) is 7.26. The normalized spacial score (nSPS) is 17.6. The van der Waals surface area contributed by atoms with Crippen LogP contribution in [0.15, 0.2) is 30.6 Å². The van der Waals surface area contributed by atoms with Crippen LogP contribution in [0, 0.1) is 11.8 Å². The van der Waals surface area contributed by atoms with Crippen molar-refractivity contribution in [1.29, 1.82) is 0 Å². The fraction of sp³-hybridized carbons (Fsp3) is 0.565. The molecule has 2 aliphatic rings. The van der Waals surface area contributed by atoms with Gasteiger partial charge in [0.2, 0.25) is 5.91 Å². The molecule has 1 aromatic carbocycles. The number of amides is 1. The Kier molecular flexibility index (Phi) is 4.94. The summed E-state index contributed by atoms with van der Waals surface area (Å²) in [6.07, 6.45) is 4.20. The summed E-state index contributed by atoms with van der Waals surface area (Å²) in [7, 11) is 0. The van der Waals surface area contributed by atoms with Crippen molar-refractivity contribution in [3.8, 4) is 17.0 Å². The van der Waals surface area contributed by atoms with Gasteiger partial charge in [-0.2, -0.15) is 0 Å². The molecule has 3 heterocycles. The van der Waals surface area contributed by atoms with E-state index in [4.69, 9.17) is 9.72 Å². The summed E-state index contributed by atoms with van der Waals surface area (Å²) >= 11 is 0. The maximum atomic E-state index is 12.6. The lowest BCUT2D eigenvalue weighted by molar-refractivity contribution is -0.136. The average molecular weight is 382 g/mol. The molecule has 0 atom stereocenters. The lowest BCUT2D eigenvalue weighted by Crippen LogP contribution is -2.50. The number of likely N-dealkylation sites (tertiary alicyclic amines) is 1. The molecule has 5 heteroatoms. The van der Waals surface area contributed by atoms with Crippen molar-refractivity contribution in [2.45, 2.75) is 59.1 Å². The Morgan fingerprint density at radius 2 is 1.86 bits per heavy atom. The fourth-order valence-electron chi connectivity index (χ4n) is 4.53. The zero-order valence-electron chi connectivity index (χ0n) is 17.4. The summed E-state index contributed by atoms with van der Waals surface area (Å²) in [5, 5.41) is 0. The van der Waals surface area contributed by atoms with Crippen molar-refractivity contribution in [3.63, 3.8) is 0 Å². The molecule has 5 nitrogen and oxygen atoms in total. The number of nitrogens with zero attached hydrogens (tertiary/aromatic N) is 3. The van der Waals surface area contributed by atoms with Crippen LogP contribution in [0.3, 0.4) is 0 Å². The van der Waals surface area contributed by atoms with Gasteiger partial charge in [-0.3, -0.25) is 4.79 Å². The molecule has 28 heavy (non-hydrogen) atoms. The first-order valence-corrected chi connectivity index (χ1v) is 10.5. The fourth-order valence-corrected chi connectivity index (χ4v) is 4.53. The highest BCUT2D eigenvalue weighted by Gasteiger charge is 2.47. The van der Waals surface area contributed by atoms with E-state index < -0.39 is 5.60 Å². The zero-order valence-corrected chi connectivity index (χ0v) is 17.4. The molecule has 0 bridgehead atoms. The number of aromatic nitrogens is 2. The lowest BCUT2D eigenvalue weighted by atomic mass is 9.83. The van der Waals surface area contributed by atoms with Gasteiger partial charge in [-0.05, 0) is 24.0 Å². The van der Waals surface area contributed by atoms with Gasteiger partial charge < -0.3 is 14.2 Å². The van der Waals surface area contributed by atoms with Crippen LogP contribution in [0.5, 0.6) is 5.75 Å². The van der Waals surface area contributed by atoms with E-state index in [0.717, 1.165) is 49.5 Å². The predicted octanol–water partition coefficient (Wildman–Crippen LogP) is 4.46. The number of fused-ring (bicyclic) bond motifs is 4. The lowest BCUT2D eigenvalue weighted by Gasteiger charge is -2.45. The van der Waals surface area contributed by atoms with Gasteiger partial charge in [0.25, 0.3) is 0 Å². The van der Waals surface area contributed by atoms with E-state index in [9.17, 15) is 4.79 Å². The molecule has 0 saturated carbocycles. The molecule has 1 spiro atoms. The Hall–Kier alpha value is -2.30. The SMILES string of the molecule is CC(C)CC(=O)N1CCC2(CC1)Oc1ccccc1-c1ncn(CC(C)C)c12. The van der Waals surface area contributed by atoms with Crippen molar-refractivity contribution in [3.05, 3.63) is 36.3 Å². The van der Waals surface area contributed by atoms with Crippen LogP contribution in [0.2, 0.25) is 0 Å². The third kappa shape index (κ3) is 3.31. The van der Waals surface area contributed by atoms with E-state index in [-0.39, 0.29) is 5.91 Å². The average Bonchev–Trinajstić information content (AvgIpc) is 3.06. The van der Waals surface area contributed by atoms with Gasteiger partial charge in [-0.15, -0.1) is 0 Å². The van der Waals surface area contributed by atoms with Gasteiger partial charge in [-0.1, -0.05) is 39.8 Å². The third-order valence-electron chi connectivity index (χ3n) is 5.79. The van der Waals surface area contributed by atoms with Gasteiger partial charge in [0.1, 0.15) is 5.75 Å². The molecule has 1 fully saturated rings. The van der Waals surface area contributed by atoms with Crippen LogP contribution >= 0.6 is 0 Å².